The van der Waals surface area contributed by atoms with Gasteiger partial charge in [-0.3, -0.25) is 4.79 Å². The summed E-state index contributed by atoms with van der Waals surface area (Å²) in [7, 11) is 0. The van der Waals surface area contributed by atoms with Gasteiger partial charge in [-0.2, -0.15) is 0 Å². The lowest BCUT2D eigenvalue weighted by Gasteiger charge is -2.23. The molecule has 0 saturated heterocycles. The van der Waals surface area contributed by atoms with Crippen LogP contribution in [-0.2, 0) is 4.79 Å². The lowest BCUT2D eigenvalue weighted by molar-refractivity contribution is -0.129. The molecule has 0 bridgehead atoms. The SMILES string of the molecule is CC.CCC(C)CCN(CCC(C)C)C(C)=O. The Bertz CT molecular complexity index is 178. The van der Waals surface area contributed by atoms with Crippen LogP contribution in [0.4, 0.5) is 0 Å². The van der Waals surface area contributed by atoms with Crippen LogP contribution in [-0.4, -0.2) is 23.9 Å². The molecule has 0 rings (SSSR count). The Balaban J connectivity index is 0. The van der Waals surface area contributed by atoms with Crippen LogP contribution >= 0.6 is 0 Å². The molecule has 0 aromatic carbocycles. The van der Waals surface area contributed by atoms with Crippen molar-refractivity contribution in [2.45, 2.75) is 67.7 Å². The Morgan fingerprint density at radius 2 is 1.53 bits per heavy atom. The van der Waals surface area contributed by atoms with E-state index < -0.39 is 0 Å². The van der Waals surface area contributed by atoms with Gasteiger partial charge in [0.05, 0.1) is 0 Å². The van der Waals surface area contributed by atoms with Crippen LogP contribution in [0.1, 0.15) is 67.7 Å². The van der Waals surface area contributed by atoms with Gasteiger partial charge in [-0.15, -0.1) is 0 Å². The molecule has 2 nitrogen and oxygen atoms in total. The van der Waals surface area contributed by atoms with Crippen molar-refractivity contribution < 1.29 is 4.79 Å². The number of hydrogen-bond donors (Lipinski definition) is 0. The summed E-state index contributed by atoms with van der Waals surface area (Å²) < 4.78 is 0. The van der Waals surface area contributed by atoms with E-state index in [1.54, 1.807) is 6.92 Å². The molecular formula is C15H33NO. The zero-order valence-corrected chi connectivity index (χ0v) is 13.0. The minimum absolute atomic E-state index is 0.221. The van der Waals surface area contributed by atoms with Crippen molar-refractivity contribution in [1.82, 2.24) is 4.90 Å². The van der Waals surface area contributed by atoms with Crippen molar-refractivity contribution in [2.75, 3.05) is 13.1 Å². The average Bonchev–Trinajstić information content (AvgIpc) is 2.30. The highest BCUT2D eigenvalue weighted by Gasteiger charge is 2.10. The van der Waals surface area contributed by atoms with E-state index in [-0.39, 0.29) is 5.91 Å². The first-order chi connectivity index (χ1) is 7.97. The molecule has 0 heterocycles. The highest BCUT2D eigenvalue weighted by molar-refractivity contribution is 5.73. The predicted molar refractivity (Wildman–Crippen MR) is 77.1 cm³/mol. The molecule has 0 spiro atoms. The maximum atomic E-state index is 11.4. The Kier molecular flexibility index (Phi) is 13.2. The zero-order valence-electron chi connectivity index (χ0n) is 13.0. The molecule has 0 aliphatic heterocycles. The van der Waals surface area contributed by atoms with Gasteiger partial charge < -0.3 is 4.90 Å². The number of amides is 1. The molecule has 1 unspecified atom stereocenters. The molecule has 17 heavy (non-hydrogen) atoms. The fourth-order valence-electron chi connectivity index (χ4n) is 1.42. The highest BCUT2D eigenvalue weighted by Crippen LogP contribution is 2.09. The van der Waals surface area contributed by atoms with E-state index in [2.05, 4.69) is 27.7 Å². The number of carbonyl (C=O) groups excluding carboxylic acids is 1. The van der Waals surface area contributed by atoms with Crippen LogP contribution in [0.5, 0.6) is 0 Å². The summed E-state index contributed by atoms with van der Waals surface area (Å²) in [5.41, 5.74) is 0. The average molecular weight is 243 g/mol. The molecule has 0 aliphatic rings. The Labute approximate surface area is 109 Å². The first kappa shape index (κ1) is 18.8. The van der Waals surface area contributed by atoms with Gasteiger partial charge in [-0.05, 0) is 24.7 Å². The van der Waals surface area contributed by atoms with Gasteiger partial charge in [0.2, 0.25) is 5.91 Å². The van der Waals surface area contributed by atoms with Gasteiger partial charge in [-0.25, -0.2) is 0 Å². The molecule has 0 aromatic rings. The van der Waals surface area contributed by atoms with Gasteiger partial charge in [-0.1, -0.05) is 48.0 Å². The Hall–Kier alpha value is -0.530. The summed E-state index contributed by atoms with van der Waals surface area (Å²) in [6.45, 7) is 16.4. The quantitative estimate of drug-likeness (QED) is 0.651. The lowest BCUT2D eigenvalue weighted by atomic mass is 10.0. The fourth-order valence-corrected chi connectivity index (χ4v) is 1.42. The van der Waals surface area contributed by atoms with Crippen molar-refractivity contribution in [3.63, 3.8) is 0 Å². The highest BCUT2D eigenvalue weighted by atomic mass is 16.2. The maximum Gasteiger partial charge on any atom is 0.219 e. The second kappa shape index (κ2) is 11.9. The smallest absolute Gasteiger partial charge is 0.219 e. The van der Waals surface area contributed by atoms with Crippen LogP contribution in [0, 0.1) is 11.8 Å². The third-order valence-electron chi connectivity index (χ3n) is 3.01. The summed E-state index contributed by atoms with van der Waals surface area (Å²) in [5.74, 6) is 1.63. The summed E-state index contributed by atoms with van der Waals surface area (Å²) in [4.78, 5) is 13.4. The third kappa shape index (κ3) is 11.7. The van der Waals surface area contributed by atoms with Crippen molar-refractivity contribution >= 4 is 5.91 Å². The van der Waals surface area contributed by atoms with Gasteiger partial charge in [0, 0.05) is 20.0 Å². The monoisotopic (exact) mass is 243 g/mol. The van der Waals surface area contributed by atoms with Crippen molar-refractivity contribution in [3.05, 3.63) is 0 Å². The predicted octanol–water partition coefficient (Wildman–Crippen LogP) is 4.34. The summed E-state index contributed by atoms with van der Waals surface area (Å²) in [6.07, 6.45) is 3.45. The lowest BCUT2D eigenvalue weighted by Crippen LogP contribution is -2.32. The van der Waals surface area contributed by atoms with Gasteiger partial charge in [0.1, 0.15) is 0 Å². The van der Waals surface area contributed by atoms with Crippen molar-refractivity contribution in [2.24, 2.45) is 11.8 Å². The molecule has 1 atom stereocenters. The van der Waals surface area contributed by atoms with Crippen LogP contribution in [0.3, 0.4) is 0 Å². The number of carbonyl (C=O) groups is 1. The van der Waals surface area contributed by atoms with Crippen LogP contribution in [0.15, 0.2) is 0 Å². The zero-order chi connectivity index (χ0) is 13.8. The molecule has 0 N–H and O–H groups in total. The Morgan fingerprint density at radius 1 is 1.06 bits per heavy atom. The molecule has 0 fully saturated rings. The van der Waals surface area contributed by atoms with Crippen LogP contribution < -0.4 is 0 Å². The molecule has 1 amide bonds. The minimum atomic E-state index is 0.221. The summed E-state index contributed by atoms with van der Waals surface area (Å²) in [6, 6.07) is 0. The number of hydrogen-bond acceptors (Lipinski definition) is 1. The number of nitrogens with zero attached hydrogens (tertiary/aromatic N) is 1. The Morgan fingerprint density at radius 3 is 1.88 bits per heavy atom. The van der Waals surface area contributed by atoms with Crippen molar-refractivity contribution in [3.8, 4) is 0 Å². The molecule has 0 radical (unpaired) electrons. The van der Waals surface area contributed by atoms with E-state index in [1.807, 2.05) is 18.7 Å². The topological polar surface area (TPSA) is 20.3 Å². The third-order valence-corrected chi connectivity index (χ3v) is 3.01. The summed E-state index contributed by atoms with van der Waals surface area (Å²) >= 11 is 0. The first-order valence-corrected chi connectivity index (χ1v) is 7.22. The summed E-state index contributed by atoms with van der Waals surface area (Å²) in [5, 5.41) is 0. The first-order valence-electron chi connectivity index (χ1n) is 7.22. The van der Waals surface area contributed by atoms with E-state index in [1.165, 1.54) is 6.42 Å². The van der Waals surface area contributed by atoms with Gasteiger partial charge in [0.15, 0.2) is 0 Å². The second-order valence-corrected chi connectivity index (χ2v) is 4.99. The van der Waals surface area contributed by atoms with Crippen LogP contribution in [0.25, 0.3) is 0 Å². The molecular weight excluding hydrogens is 210 g/mol. The maximum absolute atomic E-state index is 11.4. The molecule has 0 saturated carbocycles. The normalized spacial score (nSPS) is 11.8. The number of rotatable bonds is 7. The molecule has 2 heteroatoms. The second-order valence-electron chi connectivity index (χ2n) is 4.99. The molecule has 104 valence electrons. The largest absolute Gasteiger partial charge is 0.343 e. The van der Waals surface area contributed by atoms with E-state index in [0.29, 0.717) is 5.92 Å². The van der Waals surface area contributed by atoms with Gasteiger partial charge in [0.25, 0.3) is 0 Å². The minimum Gasteiger partial charge on any atom is -0.343 e. The van der Waals surface area contributed by atoms with E-state index in [9.17, 15) is 4.79 Å². The van der Waals surface area contributed by atoms with Crippen molar-refractivity contribution in [1.29, 1.82) is 0 Å². The molecule has 0 aliphatic carbocycles. The van der Waals surface area contributed by atoms with Gasteiger partial charge >= 0.3 is 0 Å². The van der Waals surface area contributed by atoms with E-state index >= 15 is 0 Å². The van der Waals surface area contributed by atoms with Crippen LogP contribution in [0.2, 0.25) is 0 Å². The molecule has 0 aromatic heterocycles. The fraction of sp³-hybridized carbons (Fsp3) is 0.933. The standard InChI is InChI=1S/C13H27NO.C2H6/c1-6-12(4)8-10-14(13(5)15)9-7-11(2)3;1-2/h11-12H,6-10H2,1-5H3;1-2H3. The van der Waals surface area contributed by atoms with E-state index in [4.69, 9.17) is 0 Å². The van der Waals surface area contributed by atoms with E-state index in [0.717, 1.165) is 31.8 Å².